The molecule has 1 atom stereocenters. The molecule has 1 aliphatic heterocycles. The number of hydrogen-bond acceptors (Lipinski definition) is 3. The summed E-state index contributed by atoms with van der Waals surface area (Å²) in [5.74, 6) is 0.436. The van der Waals surface area contributed by atoms with Gasteiger partial charge in [-0.3, -0.25) is 0 Å². The van der Waals surface area contributed by atoms with Crippen molar-refractivity contribution in [3.05, 3.63) is 21.6 Å². The Bertz CT molecular complexity index is 257. The number of nitrogens with two attached hydrogens (primary N) is 1. The third-order valence-electron chi connectivity index (χ3n) is 2.47. The fraction of sp³-hybridized carbons (Fsp3) is 0.556. The van der Waals surface area contributed by atoms with Gasteiger partial charge in [0.25, 0.3) is 0 Å². The molecule has 2 nitrogen and oxygen atoms in total. The number of rotatable bonds is 1. The first-order valence-corrected chi connectivity index (χ1v) is 5.12. The summed E-state index contributed by atoms with van der Waals surface area (Å²) in [5.41, 5.74) is 6.81. The predicted molar refractivity (Wildman–Crippen MR) is 51.3 cm³/mol. The van der Waals surface area contributed by atoms with Gasteiger partial charge in [-0.15, -0.1) is 0 Å². The lowest BCUT2D eigenvalue weighted by Crippen LogP contribution is -2.12. The average Bonchev–Trinajstić information content (AvgIpc) is 2.44. The Labute approximate surface area is 76.5 Å². The molecule has 0 aromatic carbocycles. The molecule has 0 radical (unpaired) electrons. The maximum absolute atomic E-state index is 9.00. The maximum Gasteiger partial charge on any atom is 0.0761 e. The second kappa shape index (κ2) is 3.15. The van der Waals surface area contributed by atoms with Crippen LogP contribution in [0.1, 0.15) is 19.3 Å². The molecule has 2 rings (SSSR count). The number of thioether (sulfide) groups is 1. The summed E-state index contributed by atoms with van der Waals surface area (Å²) in [4.78, 5) is 2.33. The van der Waals surface area contributed by atoms with Crippen molar-refractivity contribution >= 4 is 11.8 Å². The Morgan fingerprint density at radius 2 is 2.50 bits per heavy atom. The monoisotopic (exact) mass is 183 g/mol. The van der Waals surface area contributed by atoms with Gasteiger partial charge in [0.15, 0.2) is 0 Å². The van der Waals surface area contributed by atoms with Crippen molar-refractivity contribution in [1.82, 2.24) is 0 Å². The van der Waals surface area contributed by atoms with Crippen molar-refractivity contribution in [1.29, 1.82) is 0 Å². The predicted octanol–water partition coefficient (Wildman–Crippen LogP) is 1.58. The normalized spacial score (nSPS) is 28.8. The highest BCUT2D eigenvalue weighted by Crippen LogP contribution is 2.47. The SMILES string of the molecule is NC1=C(CO)SC2=CCCCC21. The molecular formula is C9H13NOS. The summed E-state index contributed by atoms with van der Waals surface area (Å²) in [5, 5.41) is 9.00. The Morgan fingerprint density at radius 1 is 1.67 bits per heavy atom. The largest absolute Gasteiger partial charge is 0.401 e. The van der Waals surface area contributed by atoms with Crippen molar-refractivity contribution < 1.29 is 5.11 Å². The van der Waals surface area contributed by atoms with Crippen LogP contribution in [0.5, 0.6) is 0 Å². The minimum atomic E-state index is 0.102. The van der Waals surface area contributed by atoms with E-state index in [2.05, 4.69) is 6.08 Å². The van der Waals surface area contributed by atoms with Gasteiger partial charge in [0, 0.05) is 16.5 Å². The Morgan fingerprint density at radius 3 is 3.17 bits per heavy atom. The third-order valence-corrected chi connectivity index (χ3v) is 3.77. The van der Waals surface area contributed by atoms with Gasteiger partial charge in [0.1, 0.15) is 0 Å². The molecule has 1 unspecified atom stereocenters. The van der Waals surface area contributed by atoms with Crippen LogP contribution in [0.4, 0.5) is 0 Å². The summed E-state index contributed by atoms with van der Waals surface area (Å²) >= 11 is 1.67. The van der Waals surface area contributed by atoms with Gasteiger partial charge in [-0.25, -0.2) is 0 Å². The zero-order valence-corrected chi connectivity index (χ0v) is 7.73. The highest BCUT2D eigenvalue weighted by atomic mass is 32.2. The topological polar surface area (TPSA) is 46.2 Å². The van der Waals surface area contributed by atoms with Crippen LogP contribution in [0, 0.1) is 5.92 Å². The van der Waals surface area contributed by atoms with Gasteiger partial charge in [-0.2, -0.15) is 0 Å². The lowest BCUT2D eigenvalue weighted by Gasteiger charge is -2.16. The molecular weight excluding hydrogens is 170 g/mol. The van der Waals surface area contributed by atoms with Gasteiger partial charge in [-0.05, 0) is 24.2 Å². The van der Waals surface area contributed by atoms with Crippen LogP contribution < -0.4 is 5.73 Å². The van der Waals surface area contributed by atoms with E-state index in [1.807, 2.05) is 0 Å². The van der Waals surface area contributed by atoms with Crippen molar-refractivity contribution in [2.45, 2.75) is 19.3 Å². The molecule has 0 spiro atoms. The van der Waals surface area contributed by atoms with Crippen molar-refractivity contribution in [3.63, 3.8) is 0 Å². The molecule has 3 N–H and O–H groups in total. The summed E-state index contributed by atoms with van der Waals surface area (Å²) in [6, 6.07) is 0. The highest BCUT2D eigenvalue weighted by Gasteiger charge is 2.29. The summed E-state index contributed by atoms with van der Waals surface area (Å²) in [7, 11) is 0. The second-order valence-electron chi connectivity index (χ2n) is 3.23. The van der Waals surface area contributed by atoms with Crippen molar-refractivity contribution in [3.8, 4) is 0 Å². The molecule has 0 saturated heterocycles. The van der Waals surface area contributed by atoms with Gasteiger partial charge >= 0.3 is 0 Å². The second-order valence-corrected chi connectivity index (χ2v) is 4.40. The van der Waals surface area contributed by atoms with E-state index in [0.717, 1.165) is 17.0 Å². The quantitative estimate of drug-likeness (QED) is 0.649. The van der Waals surface area contributed by atoms with E-state index in [1.54, 1.807) is 11.8 Å². The minimum absolute atomic E-state index is 0.102. The van der Waals surface area contributed by atoms with E-state index < -0.39 is 0 Å². The number of aliphatic hydroxyl groups excluding tert-OH is 1. The first-order valence-electron chi connectivity index (χ1n) is 4.30. The van der Waals surface area contributed by atoms with E-state index in [-0.39, 0.29) is 6.61 Å². The van der Waals surface area contributed by atoms with E-state index in [0.29, 0.717) is 5.92 Å². The lowest BCUT2D eigenvalue weighted by atomic mass is 9.93. The molecule has 0 saturated carbocycles. The van der Waals surface area contributed by atoms with Crippen LogP contribution in [0.2, 0.25) is 0 Å². The number of hydrogen-bond donors (Lipinski definition) is 2. The van der Waals surface area contributed by atoms with Gasteiger partial charge in [0.2, 0.25) is 0 Å². The van der Waals surface area contributed by atoms with Crippen LogP contribution in [0.15, 0.2) is 21.6 Å². The molecule has 0 amide bonds. The third kappa shape index (κ3) is 1.17. The van der Waals surface area contributed by atoms with Crippen LogP contribution >= 0.6 is 11.8 Å². The zero-order valence-electron chi connectivity index (χ0n) is 6.92. The Hall–Kier alpha value is -0.410. The van der Waals surface area contributed by atoms with Crippen LogP contribution in [-0.2, 0) is 0 Å². The first-order chi connectivity index (χ1) is 5.83. The maximum atomic E-state index is 9.00. The van der Waals surface area contributed by atoms with Crippen molar-refractivity contribution in [2.75, 3.05) is 6.61 Å². The molecule has 2 aliphatic rings. The van der Waals surface area contributed by atoms with E-state index in [4.69, 9.17) is 10.8 Å². The fourth-order valence-electron chi connectivity index (χ4n) is 1.79. The average molecular weight is 183 g/mol. The molecule has 66 valence electrons. The van der Waals surface area contributed by atoms with Gasteiger partial charge in [0.05, 0.1) is 6.61 Å². The summed E-state index contributed by atoms with van der Waals surface area (Å²) in [6.07, 6.45) is 5.82. The molecule has 1 aliphatic carbocycles. The van der Waals surface area contributed by atoms with E-state index in [1.165, 1.54) is 17.7 Å². The van der Waals surface area contributed by atoms with Crippen molar-refractivity contribution in [2.24, 2.45) is 11.7 Å². The molecule has 0 fully saturated rings. The fourth-order valence-corrected chi connectivity index (χ4v) is 2.99. The van der Waals surface area contributed by atoms with Crippen LogP contribution in [-0.4, -0.2) is 11.7 Å². The summed E-state index contributed by atoms with van der Waals surface area (Å²) in [6.45, 7) is 0.102. The van der Waals surface area contributed by atoms with E-state index in [9.17, 15) is 0 Å². The molecule has 1 heterocycles. The van der Waals surface area contributed by atoms with Gasteiger partial charge in [-0.1, -0.05) is 17.8 Å². The van der Waals surface area contributed by atoms with E-state index >= 15 is 0 Å². The van der Waals surface area contributed by atoms with Crippen LogP contribution in [0.3, 0.4) is 0 Å². The van der Waals surface area contributed by atoms with Gasteiger partial charge < -0.3 is 10.8 Å². The molecule has 3 heteroatoms. The molecule has 12 heavy (non-hydrogen) atoms. The minimum Gasteiger partial charge on any atom is -0.401 e. The molecule has 0 aromatic heterocycles. The number of fused-ring (bicyclic) bond motifs is 1. The Kier molecular flexibility index (Phi) is 2.15. The Balaban J connectivity index is 2.26. The zero-order chi connectivity index (χ0) is 8.55. The smallest absolute Gasteiger partial charge is 0.0761 e. The lowest BCUT2D eigenvalue weighted by molar-refractivity contribution is 0.338. The molecule has 0 aromatic rings. The molecule has 0 bridgehead atoms. The summed E-state index contributed by atoms with van der Waals surface area (Å²) < 4.78 is 0. The standard InChI is InChI=1S/C9H13NOS/c10-9-6-3-1-2-4-7(6)12-8(9)5-11/h4,6,11H,1-3,5,10H2. The number of allylic oxidation sites excluding steroid dienone is 2. The van der Waals surface area contributed by atoms with Crippen LogP contribution in [0.25, 0.3) is 0 Å². The highest BCUT2D eigenvalue weighted by molar-refractivity contribution is 8.07. The first kappa shape index (κ1) is 8.20. The number of aliphatic hydroxyl groups is 1.